The lowest BCUT2D eigenvalue weighted by Crippen LogP contribution is -2.53. The van der Waals surface area contributed by atoms with Gasteiger partial charge in [-0.1, -0.05) is 27.2 Å². The summed E-state index contributed by atoms with van der Waals surface area (Å²) < 4.78 is 0. The Morgan fingerprint density at radius 3 is 2.27 bits per heavy atom. The lowest BCUT2D eigenvalue weighted by molar-refractivity contribution is -0.147. The molecule has 0 aromatic carbocycles. The van der Waals surface area contributed by atoms with Gasteiger partial charge in [-0.05, 0) is 19.8 Å². The first-order valence-corrected chi connectivity index (χ1v) is 5.42. The molecule has 0 bridgehead atoms. The molecule has 0 saturated heterocycles. The first-order chi connectivity index (χ1) is 6.87. The van der Waals surface area contributed by atoms with Crippen molar-refractivity contribution < 1.29 is 14.7 Å². The van der Waals surface area contributed by atoms with E-state index in [4.69, 9.17) is 5.11 Å². The summed E-state index contributed by atoms with van der Waals surface area (Å²) in [7, 11) is 0. The number of carbonyl (C=O) groups is 2. The predicted octanol–water partition coefficient (Wildman–Crippen LogP) is 1.79. The van der Waals surface area contributed by atoms with Crippen LogP contribution in [0.1, 0.15) is 47.0 Å². The van der Waals surface area contributed by atoms with Crippen LogP contribution in [0.5, 0.6) is 0 Å². The number of carboxylic acid groups (broad SMARTS) is 1. The number of hydrogen-bond donors (Lipinski definition) is 2. The number of amides is 1. The van der Waals surface area contributed by atoms with Crippen LogP contribution in [0.25, 0.3) is 0 Å². The van der Waals surface area contributed by atoms with Gasteiger partial charge in [-0.2, -0.15) is 0 Å². The zero-order valence-electron chi connectivity index (χ0n) is 9.96. The second-order valence-corrected chi connectivity index (χ2v) is 4.19. The molecule has 0 heterocycles. The van der Waals surface area contributed by atoms with Crippen molar-refractivity contribution in [2.24, 2.45) is 5.92 Å². The molecule has 88 valence electrons. The molecular formula is C11H21NO3. The number of rotatable bonds is 6. The molecule has 0 aromatic rings. The number of aliphatic carboxylic acids is 1. The van der Waals surface area contributed by atoms with Crippen molar-refractivity contribution in [2.75, 3.05) is 0 Å². The van der Waals surface area contributed by atoms with E-state index in [1.807, 2.05) is 13.8 Å². The van der Waals surface area contributed by atoms with E-state index in [9.17, 15) is 9.59 Å². The molecule has 0 aliphatic rings. The van der Waals surface area contributed by atoms with E-state index in [1.165, 1.54) is 0 Å². The fourth-order valence-corrected chi connectivity index (χ4v) is 1.30. The van der Waals surface area contributed by atoms with Crippen LogP contribution >= 0.6 is 0 Å². The molecule has 0 spiro atoms. The average Bonchev–Trinajstić information content (AvgIpc) is 2.16. The minimum Gasteiger partial charge on any atom is -0.480 e. The second-order valence-electron chi connectivity index (χ2n) is 4.19. The van der Waals surface area contributed by atoms with Crippen molar-refractivity contribution in [3.05, 3.63) is 0 Å². The molecule has 0 aliphatic heterocycles. The molecule has 0 fully saturated rings. The summed E-state index contributed by atoms with van der Waals surface area (Å²) in [6.07, 6.45) is 1.89. The molecule has 0 radical (unpaired) electrons. The number of carboxylic acids is 1. The van der Waals surface area contributed by atoms with Gasteiger partial charge in [-0.3, -0.25) is 4.79 Å². The van der Waals surface area contributed by atoms with Gasteiger partial charge in [0, 0.05) is 5.92 Å². The average molecular weight is 215 g/mol. The van der Waals surface area contributed by atoms with E-state index >= 15 is 0 Å². The molecule has 2 unspecified atom stereocenters. The summed E-state index contributed by atoms with van der Waals surface area (Å²) in [6.45, 7) is 7.15. The Bertz CT molecular complexity index is 240. The van der Waals surface area contributed by atoms with E-state index in [-0.39, 0.29) is 11.8 Å². The molecular weight excluding hydrogens is 194 g/mol. The quantitative estimate of drug-likeness (QED) is 0.710. The van der Waals surface area contributed by atoms with Gasteiger partial charge in [0.1, 0.15) is 5.54 Å². The lowest BCUT2D eigenvalue weighted by Gasteiger charge is -2.27. The Morgan fingerprint density at radius 1 is 1.40 bits per heavy atom. The van der Waals surface area contributed by atoms with Crippen molar-refractivity contribution in [1.82, 2.24) is 5.32 Å². The van der Waals surface area contributed by atoms with Crippen molar-refractivity contribution in [3.8, 4) is 0 Å². The van der Waals surface area contributed by atoms with E-state index in [2.05, 4.69) is 5.32 Å². The van der Waals surface area contributed by atoms with Crippen LogP contribution in [0.15, 0.2) is 0 Å². The summed E-state index contributed by atoms with van der Waals surface area (Å²) in [6, 6.07) is 0. The van der Waals surface area contributed by atoms with E-state index in [0.717, 1.165) is 6.42 Å². The van der Waals surface area contributed by atoms with Gasteiger partial charge in [0.15, 0.2) is 0 Å². The Hall–Kier alpha value is -1.06. The Morgan fingerprint density at radius 2 is 1.93 bits per heavy atom. The third-order valence-corrected chi connectivity index (χ3v) is 2.68. The number of hydrogen-bond acceptors (Lipinski definition) is 2. The van der Waals surface area contributed by atoms with Gasteiger partial charge < -0.3 is 10.4 Å². The molecule has 2 atom stereocenters. The maximum absolute atomic E-state index is 11.6. The Labute approximate surface area is 91.1 Å². The highest BCUT2D eigenvalue weighted by Crippen LogP contribution is 2.14. The molecule has 4 heteroatoms. The summed E-state index contributed by atoms with van der Waals surface area (Å²) in [5, 5.41) is 11.7. The lowest BCUT2D eigenvalue weighted by atomic mass is 9.95. The maximum Gasteiger partial charge on any atom is 0.329 e. The van der Waals surface area contributed by atoms with Crippen LogP contribution < -0.4 is 5.32 Å². The first-order valence-electron chi connectivity index (χ1n) is 5.42. The molecule has 0 aromatic heterocycles. The zero-order chi connectivity index (χ0) is 12.1. The fourth-order valence-electron chi connectivity index (χ4n) is 1.30. The Kier molecular flexibility index (Phi) is 5.33. The Balaban J connectivity index is 4.55. The summed E-state index contributed by atoms with van der Waals surface area (Å²) >= 11 is 0. The second kappa shape index (κ2) is 5.73. The predicted molar refractivity (Wildman–Crippen MR) is 58.5 cm³/mol. The third-order valence-electron chi connectivity index (χ3n) is 2.68. The van der Waals surface area contributed by atoms with Crippen LogP contribution in [-0.2, 0) is 9.59 Å². The van der Waals surface area contributed by atoms with E-state index < -0.39 is 11.5 Å². The minimum absolute atomic E-state index is 0.138. The molecule has 15 heavy (non-hydrogen) atoms. The first kappa shape index (κ1) is 13.9. The fraction of sp³-hybridized carbons (Fsp3) is 0.818. The van der Waals surface area contributed by atoms with Crippen molar-refractivity contribution in [3.63, 3.8) is 0 Å². The monoisotopic (exact) mass is 215 g/mol. The summed E-state index contributed by atoms with van der Waals surface area (Å²) in [5.41, 5.74) is -1.13. The largest absolute Gasteiger partial charge is 0.480 e. The summed E-state index contributed by atoms with van der Waals surface area (Å²) in [5.74, 6) is -1.29. The van der Waals surface area contributed by atoms with Crippen molar-refractivity contribution in [2.45, 2.75) is 52.5 Å². The molecule has 1 amide bonds. The van der Waals surface area contributed by atoms with Crippen LogP contribution in [0.3, 0.4) is 0 Å². The highest BCUT2D eigenvalue weighted by Gasteiger charge is 2.34. The van der Waals surface area contributed by atoms with Crippen LogP contribution in [0.2, 0.25) is 0 Å². The van der Waals surface area contributed by atoms with Gasteiger partial charge in [0.05, 0.1) is 0 Å². The number of carbonyl (C=O) groups excluding carboxylic acids is 1. The molecule has 0 saturated carbocycles. The molecule has 2 N–H and O–H groups in total. The molecule has 0 rings (SSSR count). The van der Waals surface area contributed by atoms with Crippen LogP contribution in [0.4, 0.5) is 0 Å². The maximum atomic E-state index is 11.6. The van der Waals surface area contributed by atoms with Crippen molar-refractivity contribution in [1.29, 1.82) is 0 Å². The van der Waals surface area contributed by atoms with Gasteiger partial charge in [0.2, 0.25) is 5.91 Å². The van der Waals surface area contributed by atoms with Crippen LogP contribution in [-0.4, -0.2) is 22.5 Å². The SMILES string of the molecule is CCCC(C)(NC(=O)C(C)CC)C(=O)O. The van der Waals surface area contributed by atoms with Gasteiger partial charge >= 0.3 is 5.97 Å². The van der Waals surface area contributed by atoms with E-state index in [0.29, 0.717) is 12.8 Å². The third kappa shape index (κ3) is 3.90. The van der Waals surface area contributed by atoms with Crippen molar-refractivity contribution >= 4 is 11.9 Å². The zero-order valence-corrected chi connectivity index (χ0v) is 9.96. The highest BCUT2D eigenvalue weighted by molar-refractivity contribution is 5.87. The highest BCUT2D eigenvalue weighted by atomic mass is 16.4. The molecule has 0 aliphatic carbocycles. The molecule has 4 nitrogen and oxygen atoms in total. The van der Waals surface area contributed by atoms with E-state index in [1.54, 1.807) is 13.8 Å². The smallest absolute Gasteiger partial charge is 0.329 e. The van der Waals surface area contributed by atoms with Gasteiger partial charge in [-0.25, -0.2) is 4.79 Å². The minimum atomic E-state index is -1.13. The number of nitrogens with one attached hydrogen (secondary N) is 1. The van der Waals surface area contributed by atoms with Gasteiger partial charge in [0.25, 0.3) is 0 Å². The topological polar surface area (TPSA) is 66.4 Å². The standard InChI is InChI=1S/C11H21NO3/c1-5-7-11(4,10(14)15)12-9(13)8(3)6-2/h8H,5-7H2,1-4H3,(H,12,13)(H,14,15). The van der Waals surface area contributed by atoms with Gasteiger partial charge in [-0.15, -0.1) is 0 Å². The normalized spacial score (nSPS) is 16.5. The summed E-state index contributed by atoms with van der Waals surface area (Å²) in [4.78, 5) is 22.6. The van der Waals surface area contributed by atoms with Crippen LogP contribution in [0, 0.1) is 5.92 Å².